The van der Waals surface area contributed by atoms with Crippen molar-refractivity contribution in [2.45, 2.75) is 26.7 Å². The fraction of sp³-hybridized carbons (Fsp3) is 0.286. The van der Waals surface area contributed by atoms with Crippen LogP contribution in [-0.2, 0) is 12.8 Å². The largest absolute Gasteiger partial charge is 0.490 e. The number of nitrogens with one attached hydrogen (secondary N) is 1. The quantitative estimate of drug-likeness (QED) is 0.342. The predicted octanol–water partition coefficient (Wildman–Crippen LogP) is 5.95. The van der Waals surface area contributed by atoms with Gasteiger partial charge in [0.2, 0.25) is 4.77 Å². The van der Waals surface area contributed by atoms with Crippen molar-refractivity contribution in [1.82, 2.24) is 14.9 Å². The summed E-state index contributed by atoms with van der Waals surface area (Å²) in [4.78, 5) is 0. The molecule has 1 N–H and O–H groups in total. The Morgan fingerprint density at radius 2 is 1.86 bits per heavy atom. The number of aryl methyl sites for hydroxylation is 2. The van der Waals surface area contributed by atoms with Gasteiger partial charge < -0.3 is 4.74 Å². The maximum absolute atomic E-state index is 6.34. The summed E-state index contributed by atoms with van der Waals surface area (Å²) in [6.07, 6.45) is 3.20. The number of hydrogen-bond acceptors (Lipinski definition) is 4. The highest BCUT2D eigenvalue weighted by molar-refractivity contribution is 7.71. The first-order chi connectivity index (χ1) is 13.9. The standard InChI is InChI=1S/C21H22Cl2N4OS/c1-14(2)13-28-20-17(22)10-16(11-18(20)23)12-24-27-19(25-26-21(27)29)9-8-15-6-4-3-5-7-15/h3-7,10-12,14H,8-9,13H2,1-2H3,(H,26,29)/b24-12-. The third kappa shape index (κ3) is 5.92. The van der Waals surface area contributed by atoms with E-state index in [0.29, 0.717) is 39.5 Å². The lowest BCUT2D eigenvalue weighted by Gasteiger charge is -2.12. The summed E-state index contributed by atoms with van der Waals surface area (Å²) in [7, 11) is 0. The van der Waals surface area contributed by atoms with Gasteiger partial charge in [0.1, 0.15) is 0 Å². The van der Waals surface area contributed by atoms with Gasteiger partial charge in [0, 0.05) is 6.42 Å². The molecule has 29 heavy (non-hydrogen) atoms. The van der Waals surface area contributed by atoms with Gasteiger partial charge in [-0.2, -0.15) is 14.9 Å². The minimum absolute atomic E-state index is 0.376. The van der Waals surface area contributed by atoms with Crippen molar-refractivity contribution in [1.29, 1.82) is 0 Å². The number of rotatable bonds is 8. The van der Waals surface area contributed by atoms with Crippen LogP contribution < -0.4 is 4.74 Å². The molecule has 8 heteroatoms. The topological polar surface area (TPSA) is 55.2 Å². The lowest BCUT2D eigenvalue weighted by molar-refractivity contribution is 0.271. The van der Waals surface area contributed by atoms with Crippen molar-refractivity contribution in [3.8, 4) is 5.75 Å². The monoisotopic (exact) mass is 448 g/mol. The van der Waals surface area contributed by atoms with Gasteiger partial charge in [-0.05, 0) is 47.8 Å². The van der Waals surface area contributed by atoms with Crippen molar-refractivity contribution in [3.05, 3.63) is 74.2 Å². The number of benzene rings is 2. The Morgan fingerprint density at radius 1 is 1.17 bits per heavy atom. The molecule has 0 unspecified atom stereocenters. The van der Waals surface area contributed by atoms with E-state index >= 15 is 0 Å². The molecule has 0 aliphatic rings. The van der Waals surface area contributed by atoms with Crippen molar-refractivity contribution >= 4 is 41.6 Å². The number of hydrogen-bond donors (Lipinski definition) is 1. The summed E-state index contributed by atoms with van der Waals surface area (Å²) in [5.41, 5.74) is 1.97. The predicted molar refractivity (Wildman–Crippen MR) is 121 cm³/mol. The molecule has 0 saturated carbocycles. The van der Waals surface area contributed by atoms with Gasteiger partial charge in [0.25, 0.3) is 0 Å². The van der Waals surface area contributed by atoms with Gasteiger partial charge in [-0.15, -0.1) is 0 Å². The Kier molecular flexibility index (Phi) is 7.47. The van der Waals surface area contributed by atoms with E-state index in [4.69, 9.17) is 40.2 Å². The molecular weight excluding hydrogens is 427 g/mol. The first kappa shape index (κ1) is 21.6. The van der Waals surface area contributed by atoms with E-state index < -0.39 is 0 Å². The number of aromatic amines is 1. The summed E-state index contributed by atoms with van der Waals surface area (Å²) in [5, 5.41) is 12.5. The van der Waals surface area contributed by atoms with Crippen molar-refractivity contribution in [2.24, 2.45) is 11.0 Å². The zero-order valence-corrected chi connectivity index (χ0v) is 18.6. The van der Waals surface area contributed by atoms with E-state index in [-0.39, 0.29) is 0 Å². The summed E-state index contributed by atoms with van der Waals surface area (Å²) in [6.45, 7) is 4.67. The second-order valence-electron chi connectivity index (χ2n) is 7.01. The Morgan fingerprint density at radius 3 is 2.52 bits per heavy atom. The Bertz CT molecular complexity index is 1020. The highest BCUT2D eigenvalue weighted by atomic mass is 35.5. The zero-order valence-electron chi connectivity index (χ0n) is 16.2. The molecule has 0 atom stereocenters. The number of halogens is 2. The van der Waals surface area contributed by atoms with E-state index in [0.717, 1.165) is 17.8 Å². The van der Waals surface area contributed by atoms with E-state index in [2.05, 4.69) is 41.3 Å². The first-order valence-corrected chi connectivity index (χ1v) is 10.5. The lowest BCUT2D eigenvalue weighted by atomic mass is 10.1. The molecule has 0 bridgehead atoms. The van der Waals surface area contributed by atoms with Crippen LogP contribution in [0.1, 0.15) is 30.8 Å². The molecule has 1 heterocycles. The molecule has 152 valence electrons. The van der Waals surface area contributed by atoms with Crippen molar-refractivity contribution in [2.75, 3.05) is 6.61 Å². The highest BCUT2D eigenvalue weighted by Crippen LogP contribution is 2.34. The second-order valence-corrected chi connectivity index (χ2v) is 8.21. The van der Waals surface area contributed by atoms with Gasteiger partial charge in [-0.25, -0.2) is 0 Å². The van der Waals surface area contributed by atoms with Gasteiger partial charge in [0.15, 0.2) is 11.6 Å². The maximum Gasteiger partial charge on any atom is 0.216 e. The van der Waals surface area contributed by atoms with Gasteiger partial charge >= 0.3 is 0 Å². The average molecular weight is 449 g/mol. The van der Waals surface area contributed by atoms with E-state index in [9.17, 15) is 0 Å². The van der Waals surface area contributed by atoms with Crippen LogP contribution in [0.5, 0.6) is 5.75 Å². The number of aromatic nitrogens is 3. The summed E-state index contributed by atoms with van der Waals surface area (Å²) < 4.78 is 7.74. The molecule has 2 aromatic carbocycles. The third-order valence-electron chi connectivity index (χ3n) is 4.10. The summed E-state index contributed by atoms with van der Waals surface area (Å²) in [6, 6.07) is 13.7. The van der Waals surface area contributed by atoms with E-state index in [1.54, 1.807) is 23.0 Å². The molecule has 1 aromatic heterocycles. The molecule has 3 rings (SSSR count). The normalized spacial score (nSPS) is 11.5. The molecule has 3 aromatic rings. The van der Waals surface area contributed by atoms with Crippen LogP contribution in [0.15, 0.2) is 47.6 Å². The average Bonchev–Trinajstić information content (AvgIpc) is 3.04. The van der Waals surface area contributed by atoms with Gasteiger partial charge in [-0.3, -0.25) is 5.10 Å². The minimum Gasteiger partial charge on any atom is -0.490 e. The molecule has 0 saturated heterocycles. The van der Waals surface area contributed by atoms with E-state index in [1.165, 1.54) is 5.56 Å². The molecule has 0 radical (unpaired) electrons. The van der Waals surface area contributed by atoms with Crippen LogP contribution in [0.3, 0.4) is 0 Å². The molecular formula is C21H22Cl2N4OS. The van der Waals surface area contributed by atoms with Crippen LogP contribution in [0.4, 0.5) is 0 Å². The molecule has 0 aliphatic carbocycles. The first-order valence-electron chi connectivity index (χ1n) is 9.30. The summed E-state index contributed by atoms with van der Waals surface area (Å²) in [5.74, 6) is 1.62. The van der Waals surface area contributed by atoms with Crippen LogP contribution in [-0.4, -0.2) is 27.7 Å². The number of nitrogens with zero attached hydrogens (tertiary/aromatic N) is 3. The highest BCUT2D eigenvalue weighted by Gasteiger charge is 2.11. The minimum atomic E-state index is 0.376. The second kappa shape index (κ2) is 10.1. The molecule has 0 amide bonds. The van der Waals surface area contributed by atoms with E-state index in [1.807, 2.05) is 18.2 Å². The Labute approximate surface area is 185 Å². The van der Waals surface area contributed by atoms with Gasteiger partial charge in [0.05, 0.1) is 22.9 Å². The zero-order chi connectivity index (χ0) is 20.8. The van der Waals surface area contributed by atoms with Crippen molar-refractivity contribution in [3.63, 3.8) is 0 Å². The lowest BCUT2D eigenvalue weighted by Crippen LogP contribution is -2.05. The third-order valence-corrected chi connectivity index (χ3v) is 4.93. The van der Waals surface area contributed by atoms with Crippen molar-refractivity contribution < 1.29 is 4.74 Å². The van der Waals surface area contributed by atoms with Crippen LogP contribution >= 0.6 is 35.4 Å². The Balaban J connectivity index is 1.76. The fourth-order valence-electron chi connectivity index (χ4n) is 2.67. The maximum atomic E-state index is 6.34. The molecule has 0 spiro atoms. The Hall–Kier alpha value is -2.15. The molecule has 5 nitrogen and oxygen atoms in total. The fourth-order valence-corrected chi connectivity index (χ4v) is 3.48. The molecule has 0 aliphatic heterocycles. The van der Waals surface area contributed by atoms with Crippen LogP contribution in [0.25, 0.3) is 0 Å². The van der Waals surface area contributed by atoms with Crippen LogP contribution in [0, 0.1) is 10.7 Å². The number of H-pyrrole nitrogens is 1. The molecule has 0 fully saturated rings. The summed E-state index contributed by atoms with van der Waals surface area (Å²) >= 11 is 18.0. The smallest absolute Gasteiger partial charge is 0.216 e. The van der Waals surface area contributed by atoms with Gasteiger partial charge in [-0.1, -0.05) is 67.4 Å². The number of ether oxygens (including phenoxy) is 1. The van der Waals surface area contributed by atoms with Crippen LogP contribution in [0.2, 0.25) is 10.0 Å². The SMILES string of the molecule is CC(C)COc1c(Cl)cc(/C=N\n2c(CCc3ccccc3)n[nH]c2=S)cc1Cl.